The van der Waals surface area contributed by atoms with E-state index >= 15 is 0 Å². The molecular weight excluding hydrogens is 232 g/mol. The smallest absolute Gasteiger partial charge is 0.0546 e. The molecule has 1 N–H and O–H groups in total. The number of rotatable bonds is 0. The molecule has 4 rings (SSSR count). The second-order valence-corrected chi connectivity index (χ2v) is 6.23. The van der Waals surface area contributed by atoms with E-state index in [1.165, 1.54) is 41.2 Å². The summed E-state index contributed by atoms with van der Waals surface area (Å²) < 4.78 is 0. The molecule has 0 heterocycles. The Bertz CT molecular complexity index is 611. The minimum absolute atomic E-state index is 0.0956. The van der Waals surface area contributed by atoms with E-state index in [0.29, 0.717) is 5.92 Å². The fourth-order valence-electron chi connectivity index (χ4n) is 4.25. The highest BCUT2D eigenvalue weighted by Gasteiger charge is 2.33. The Morgan fingerprint density at radius 3 is 2.68 bits per heavy atom. The SMILES string of the molecule is OC1CCC2CCc3cccc4cccc(c34)C2C1. The quantitative estimate of drug-likeness (QED) is 0.750. The highest BCUT2D eigenvalue weighted by atomic mass is 16.3. The van der Waals surface area contributed by atoms with Crippen molar-refractivity contribution in [1.29, 1.82) is 0 Å². The molecule has 0 amide bonds. The van der Waals surface area contributed by atoms with E-state index in [1.54, 1.807) is 0 Å². The third kappa shape index (κ3) is 1.80. The molecule has 0 spiro atoms. The van der Waals surface area contributed by atoms with Crippen molar-refractivity contribution in [1.82, 2.24) is 0 Å². The number of benzene rings is 2. The zero-order chi connectivity index (χ0) is 12.8. The highest BCUT2D eigenvalue weighted by molar-refractivity contribution is 5.89. The van der Waals surface area contributed by atoms with Crippen LogP contribution < -0.4 is 0 Å². The van der Waals surface area contributed by atoms with Gasteiger partial charge in [0.25, 0.3) is 0 Å². The van der Waals surface area contributed by atoms with Crippen LogP contribution in [0, 0.1) is 5.92 Å². The zero-order valence-corrected chi connectivity index (χ0v) is 11.2. The fraction of sp³-hybridized carbons (Fsp3) is 0.444. The lowest BCUT2D eigenvalue weighted by Crippen LogP contribution is -2.26. The lowest BCUT2D eigenvalue weighted by Gasteiger charge is -2.33. The first-order chi connectivity index (χ1) is 9.33. The lowest BCUT2D eigenvalue weighted by molar-refractivity contribution is 0.0922. The van der Waals surface area contributed by atoms with Gasteiger partial charge in [0.1, 0.15) is 0 Å². The van der Waals surface area contributed by atoms with Crippen LogP contribution in [0.1, 0.15) is 42.7 Å². The van der Waals surface area contributed by atoms with Crippen LogP contribution in [-0.4, -0.2) is 11.2 Å². The summed E-state index contributed by atoms with van der Waals surface area (Å²) in [5.41, 5.74) is 3.01. The first-order valence-corrected chi connectivity index (χ1v) is 7.51. The van der Waals surface area contributed by atoms with Gasteiger partial charge >= 0.3 is 0 Å². The average Bonchev–Trinajstić information content (AvgIpc) is 2.59. The molecule has 98 valence electrons. The first-order valence-electron chi connectivity index (χ1n) is 7.51. The molecule has 19 heavy (non-hydrogen) atoms. The number of aliphatic hydroxyl groups excluding tert-OH is 1. The Kier molecular flexibility index (Phi) is 2.63. The van der Waals surface area contributed by atoms with Gasteiger partial charge in [-0.15, -0.1) is 0 Å². The van der Waals surface area contributed by atoms with Crippen LogP contribution >= 0.6 is 0 Å². The van der Waals surface area contributed by atoms with Gasteiger partial charge < -0.3 is 5.11 Å². The molecule has 1 fully saturated rings. The Morgan fingerprint density at radius 1 is 0.947 bits per heavy atom. The van der Waals surface area contributed by atoms with E-state index in [0.717, 1.165) is 18.8 Å². The van der Waals surface area contributed by atoms with Crippen molar-refractivity contribution in [3.05, 3.63) is 47.5 Å². The first kappa shape index (κ1) is 11.5. The molecule has 2 aromatic carbocycles. The molecule has 1 nitrogen and oxygen atoms in total. The third-order valence-corrected chi connectivity index (χ3v) is 5.17. The zero-order valence-electron chi connectivity index (χ0n) is 11.2. The number of fused-ring (bicyclic) bond motifs is 2. The normalized spacial score (nSPS) is 29.8. The number of aliphatic hydroxyl groups is 1. The van der Waals surface area contributed by atoms with Crippen LogP contribution in [0.15, 0.2) is 36.4 Å². The molecule has 2 aliphatic carbocycles. The van der Waals surface area contributed by atoms with Gasteiger partial charge in [-0.1, -0.05) is 36.4 Å². The molecule has 0 aromatic heterocycles. The minimum atomic E-state index is -0.0956. The molecule has 3 atom stereocenters. The highest BCUT2D eigenvalue weighted by Crippen LogP contribution is 2.45. The van der Waals surface area contributed by atoms with E-state index in [-0.39, 0.29) is 6.10 Å². The third-order valence-electron chi connectivity index (χ3n) is 5.17. The van der Waals surface area contributed by atoms with Gasteiger partial charge in [-0.3, -0.25) is 0 Å². The molecule has 2 aliphatic rings. The lowest BCUT2D eigenvalue weighted by atomic mass is 9.73. The molecule has 0 saturated heterocycles. The van der Waals surface area contributed by atoms with Crippen LogP contribution in [0.4, 0.5) is 0 Å². The van der Waals surface area contributed by atoms with Gasteiger partial charge in [0.05, 0.1) is 6.10 Å². The van der Waals surface area contributed by atoms with Crippen LogP contribution in [0.3, 0.4) is 0 Å². The number of aryl methyl sites for hydroxylation is 1. The van der Waals surface area contributed by atoms with E-state index in [2.05, 4.69) is 36.4 Å². The fourth-order valence-corrected chi connectivity index (χ4v) is 4.25. The average molecular weight is 252 g/mol. The standard InChI is InChI=1S/C18H20O/c19-15-10-9-12-7-8-14-4-1-3-13-5-2-6-16(18(13)14)17(12)11-15/h1-6,12,15,17,19H,7-11H2. The van der Waals surface area contributed by atoms with Crippen molar-refractivity contribution in [2.24, 2.45) is 5.92 Å². The number of hydrogen-bond donors (Lipinski definition) is 1. The second kappa shape index (κ2) is 4.35. The van der Waals surface area contributed by atoms with Crippen LogP contribution in [-0.2, 0) is 6.42 Å². The van der Waals surface area contributed by atoms with Gasteiger partial charge in [-0.2, -0.15) is 0 Å². The summed E-state index contributed by atoms with van der Waals surface area (Å²) in [4.78, 5) is 0. The molecule has 3 unspecified atom stereocenters. The topological polar surface area (TPSA) is 20.2 Å². The van der Waals surface area contributed by atoms with Crippen molar-refractivity contribution in [3.63, 3.8) is 0 Å². The van der Waals surface area contributed by atoms with Crippen molar-refractivity contribution in [3.8, 4) is 0 Å². The maximum absolute atomic E-state index is 10.0. The summed E-state index contributed by atoms with van der Waals surface area (Å²) in [6, 6.07) is 13.4. The summed E-state index contributed by atoms with van der Waals surface area (Å²) in [6.45, 7) is 0. The van der Waals surface area contributed by atoms with E-state index in [1.807, 2.05) is 0 Å². The molecule has 1 saturated carbocycles. The molecule has 0 bridgehead atoms. The predicted molar refractivity (Wildman–Crippen MR) is 78.4 cm³/mol. The Labute approximate surface area is 114 Å². The van der Waals surface area contributed by atoms with Gasteiger partial charge in [0.15, 0.2) is 0 Å². The van der Waals surface area contributed by atoms with E-state index in [9.17, 15) is 5.11 Å². The monoisotopic (exact) mass is 252 g/mol. The van der Waals surface area contributed by atoms with Gasteiger partial charge in [0, 0.05) is 0 Å². The van der Waals surface area contributed by atoms with Gasteiger partial charge in [-0.05, 0) is 65.8 Å². The summed E-state index contributed by atoms with van der Waals surface area (Å²) in [5.74, 6) is 1.33. The van der Waals surface area contributed by atoms with Crippen molar-refractivity contribution < 1.29 is 5.11 Å². The Morgan fingerprint density at radius 2 is 1.79 bits per heavy atom. The molecule has 0 aliphatic heterocycles. The van der Waals surface area contributed by atoms with Crippen LogP contribution in [0.2, 0.25) is 0 Å². The summed E-state index contributed by atoms with van der Waals surface area (Å²) in [7, 11) is 0. The van der Waals surface area contributed by atoms with Crippen molar-refractivity contribution in [2.45, 2.75) is 44.1 Å². The van der Waals surface area contributed by atoms with Gasteiger partial charge in [0.2, 0.25) is 0 Å². The molecule has 2 aromatic rings. The maximum atomic E-state index is 10.0. The van der Waals surface area contributed by atoms with E-state index < -0.39 is 0 Å². The minimum Gasteiger partial charge on any atom is -0.393 e. The Hall–Kier alpha value is -1.34. The second-order valence-electron chi connectivity index (χ2n) is 6.23. The summed E-state index contributed by atoms with van der Waals surface area (Å²) in [5, 5.41) is 12.9. The largest absolute Gasteiger partial charge is 0.393 e. The van der Waals surface area contributed by atoms with Crippen LogP contribution in [0.5, 0.6) is 0 Å². The summed E-state index contributed by atoms with van der Waals surface area (Å²) >= 11 is 0. The van der Waals surface area contributed by atoms with Gasteiger partial charge in [-0.25, -0.2) is 0 Å². The van der Waals surface area contributed by atoms with E-state index in [4.69, 9.17) is 0 Å². The van der Waals surface area contributed by atoms with Crippen molar-refractivity contribution >= 4 is 10.8 Å². The molecule has 1 heteroatoms. The van der Waals surface area contributed by atoms with Crippen LogP contribution in [0.25, 0.3) is 10.8 Å². The van der Waals surface area contributed by atoms with Crippen molar-refractivity contribution in [2.75, 3.05) is 0 Å². The Balaban J connectivity index is 1.94. The predicted octanol–water partition coefficient (Wildman–Crippen LogP) is 4.03. The molecular formula is C18H20O. The number of hydrogen-bond acceptors (Lipinski definition) is 1. The maximum Gasteiger partial charge on any atom is 0.0546 e. The molecule has 0 radical (unpaired) electrons. The summed E-state index contributed by atoms with van der Waals surface area (Å²) in [6.07, 6.45) is 5.53.